The minimum absolute atomic E-state index is 0.168. The van der Waals surface area contributed by atoms with Gasteiger partial charge in [-0.15, -0.1) is 0 Å². The van der Waals surface area contributed by atoms with Crippen molar-refractivity contribution in [2.45, 2.75) is 185 Å². The van der Waals surface area contributed by atoms with Crippen molar-refractivity contribution in [3.05, 3.63) is 173 Å². The fourth-order valence-corrected chi connectivity index (χ4v) is 9.55. The van der Waals surface area contributed by atoms with Gasteiger partial charge in [0, 0.05) is 5.56 Å². The number of ether oxygens (including phenoxy) is 10. The lowest BCUT2D eigenvalue weighted by molar-refractivity contribution is -0.335. The van der Waals surface area contributed by atoms with Crippen LogP contribution in [0.4, 0.5) is 0 Å². The van der Waals surface area contributed by atoms with Crippen molar-refractivity contribution >= 4 is 0 Å². The lowest BCUT2D eigenvalue weighted by Gasteiger charge is -2.46. The highest BCUT2D eigenvalue weighted by Gasteiger charge is 2.49. The molecule has 5 aromatic carbocycles. The zero-order valence-electron chi connectivity index (χ0n) is 43.8. The van der Waals surface area contributed by atoms with E-state index in [9.17, 15) is 0 Å². The van der Waals surface area contributed by atoms with Crippen LogP contribution in [0.25, 0.3) is 0 Å². The van der Waals surface area contributed by atoms with Crippen molar-refractivity contribution in [3.8, 4) is 5.75 Å². The quantitative estimate of drug-likeness (QED) is 0.0285. The minimum Gasteiger partial charge on any atom is -0.497 e. The van der Waals surface area contributed by atoms with E-state index >= 15 is 0 Å². The Morgan fingerprint density at radius 2 is 0.890 bits per heavy atom. The Kier molecular flexibility index (Phi) is 25.8. The summed E-state index contributed by atoms with van der Waals surface area (Å²) in [4.78, 5) is 0. The van der Waals surface area contributed by atoms with E-state index in [1.54, 1.807) is 7.11 Å². The molecule has 2 fully saturated rings. The topological polar surface area (TPSA) is 92.3 Å². The van der Waals surface area contributed by atoms with Crippen LogP contribution in [-0.2, 0) is 69.1 Å². The second-order valence-electron chi connectivity index (χ2n) is 19.7. The molecule has 1 unspecified atom stereocenters. The van der Waals surface area contributed by atoms with Crippen molar-refractivity contribution in [2.75, 3.05) is 26.9 Å². The van der Waals surface area contributed by atoms with Crippen LogP contribution >= 0.6 is 0 Å². The molecule has 8 atom stereocenters. The van der Waals surface area contributed by atoms with Crippen LogP contribution in [0, 0.1) is 0 Å². The number of hydrogen-bond acceptors (Lipinski definition) is 10. The maximum absolute atomic E-state index is 7.05. The maximum Gasteiger partial charge on any atom is 0.187 e. The Bertz CT molecular complexity index is 2130. The van der Waals surface area contributed by atoms with Gasteiger partial charge >= 0.3 is 0 Å². The summed E-state index contributed by atoms with van der Waals surface area (Å²) in [6.07, 6.45) is 15.7. The third-order valence-corrected chi connectivity index (χ3v) is 13.8. The summed E-state index contributed by atoms with van der Waals surface area (Å²) >= 11 is 0. The van der Waals surface area contributed by atoms with Gasteiger partial charge < -0.3 is 47.4 Å². The van der Waals surface area contributed by atoms with Crippen molar-refractivity contribution < 1.29 is 47.4 Å². The van der Waals surface area contributed by atoms with Crippen LogP contribution in [0.15, 0.2) is 146 Å². The summed E-state index contributed by atoms with van der Waals surface area (Å²) < 4.78 is 66.0. The summed E-state index contributed by atoms with van der Waals surface area (Å²) in [7, 11) is 1.66. The Morgan fingerprint density at radius 3 is 1.38 bits per heavy atom. The first kappa shape index (κ1) is 56.3. The molecule has 0 radical (unpaired) electrons. The van der Waals surface area contributed by atoms with E-state index in [-0.39, 0.29) is 12.7 Å². The molecule has 7 rings (SSSR count). The number of benzene rings is 5. The molecule has 2 saturated heterocycles. The van der Waals surface area contributed by atoms with E-state index in [1.165, 1.54) is 83.5 Å². The third kappa shape index (κ3) is 20.3. The van der Waals surface area contributed by atoms with Crippen molar-refractivity contribution in [3.63, 3.8) is 0 Å². The fraction of sp³-hybridized carbons (Fsp3) is 0.524. The van der Waals surface area contributed by atoms with Crippen LogP contribution in [0.5, 0.6) is 5.75 Å². The van der Waals surface area contributed by atoms with Gasteiger partial charge in [0.05, 0.1) is 53.4 Å². The average molecular weight is 1000 g/mol. The van der Waals surface area contributed by atoms with E-state index < -0.39 is 43.3 Å². The molecule has 0 N–H and O–H groups in total. The SMILES string of the molecule is CCCCCCCCCCCCCCCCC[C@@H](OC[C@@H]1COC(c2ccc(OC)cc2)O1)OC[C@H]1O[C@@H](OCc2ccccc2)[C@H](OCc2ccccc2)[C@@H](OCc2ccccc2)[C@H]1OCc1ccccc1. The Labute approximate surface area is 437 Å². The largest absolute Gasteiger partial charge is 0.497 e. The molecule has 396 valence electrons. The van der Waals surface area contributed by atoms with E-state index in [1.807, 2.05) is 97.1 Å². The van der Waals surface area contributed by atoms with Gasteiger partial charge in [0.2, 0.25) is 0 Å². The lowest BCUT2D eigenvalue weighted by Crippen LogP contribution is -2.62. The molecule has 0 aromatic heterocycles. The van der Waals surface area contributed by atoms with Crippen LogP contribution in [-0.4, -0.2) is 70.0 Å². The highest BCUT2D eigenvalue weighted by Crippen LogP contribution is 2.33. The second kappa shape index (κ2) is 33.5. The van der Waals surface area contributed by atoms with Crippen molar-refractivity contribution in [1.29, 1.82) is 0 Å². The number of rotatable bonds is 36. The standard InChI is InChI=1S/C63H84O10/c1-3-4-5-6-7-8-9-10-11-12-13-14-15-16-29-38-58(65-47-56-48-71-62(72-56)54-39-41-55(64-2)42-40-54)66-49-57-59(67-43-50-30-21-17-22-31-50)60(68-44-51-32-23-18-24-33-51)61(69-45-52-34-25-19-26-35-52)63(73-57)70-46-53-36-27-20-28-37-53/h17-28,30-37,39-42,56-63H,3-16,29,38,43-49H2,1-2H3/t56-,57-,58+,59+,60+,61-,62?,63-/m1/s1. The summed E-state index contributed by atoms with van der Waals surface area (Å²) in [5, 5.41) is 0. The van der Waals surface area contributed by atoms with E-state index in [0.29, 0.717) is 39.6 Å². The van der Waals surface area contributed by atoms with E-state index in [2.05, 4.69) is 55.5 Å². The third-order valence-electron chi connectivity index (χ3n) is 13.8. The molecule has 10 nitrogen and oxygen atoms in total. The van der Waals surface area contributed by atoms with Gasteiger partial charge in [0.15, 0.2) is 18.9 Å². The zero-order valence-corrected chi connectivity index (χ0v) is 43.8. The molecule has 2 aliphatic heterocycles. The highest BCUT2D eigenvalue weighted by atomic mass is 16.8. The van der Waals surface area contributed by atoms with Gasteiger partial charge in [-0.25, -0.2) is 0 Å². The smallest absolute Gasteiger partial charge is 0.187 e. The van der Waals surface area contributed by atoms with E-state index in [0.717, 1.165) is 52.8 Å². The van der Waals surface area contributed by atoms with Crippen LogP contribution in [0.3, 0.4) is 0 Å². The number of methoxy groups -OCH3 is 1. The maximum atomic E-state index is 7.05. The lowest BCUT2D eigenvalue weighted by atomic mass is 9.97. The Balaban J connectivity index is 1.04. The molecule has 0 aliphatic carbocycles. The van der Waals surface area contributed by atoms with Crippen LogP contribution in [0.2, 0.25) is 0 Å². The summed E-state index contributed by atoms with van der Waals surface area (Å²) in [6.45, 7) is 4.51. The molecule has 2 heterocycles. The molecular weight excluding hydrogens is 917 g/mol. The molecule has 0 saturated carbocycles. The average Bonchev–Trinajstić information content (AvgIpc) is 3.93. The van der Waals surface area contributed by atoms with Crippen molar-refractivity contribution in [2.24, 2.45) is 0 Å². The highest BCUT2D eigenvalue weighted by molar-refractivity contribution is 5.28. The van der Waals surface area contributed by atoms with Gasteiger partial charge in [-0.3, -0.25) is 0 Å². The molecule has 0 spiro atoms. The normalized spacial score (nSPS) is 21.3. The molecule has 2 aliphatic rings. The predicted octanol–water partition coefficient (Wildman–Crippen LogP) is 14.4. The molecule has 73 heavy (non-hydrogen) atoms. The monoisotopic (exact) mass is 1000 g/mol. The molecule has 0 amide bonds. The van der Waals surface area contributed by atoms with Gasteiger partial charge in [0.1, 0.15) is 36.3 Å². The Hall–Kier alpha value is -4.46. The minimum atomic E-state index is -0.816. The molecule has 5 aromatic rings. The fourth-order valence-electron chi connectivity index (χ4n) is 9.55. The first-order valence-corrected chi connectivity index (χ1v) is 27.6. The first-order valence-electron chi connectivity index (χ1n) is 27.6. The van der Waals surface area contributed by atoms with Crippen molar-refractivity contribution in [1.82, 2.24) is 0 Å². The van der Waals surface area contributed by atoms with Gasteiger partial charge in [0.25, 0.3) is 0 Å². The summed E-state index contributed by atoms with van der Waals surface area (Å²) in [6, 6.07) is 48.5. The summed E-state index contributed by atoms with van der Waals surface area (Å²) in [5.41, 5.74) is 5.06. The van der Waals surface area contributed by atoms with Gasteiger partial charge in [-0.05, 0) is 47.2 Å². The van der Waals surface area contributed by atoms with Gasteiger partial charge in [-0.1, -0.05) is 230 Å². The molecule has 0 bridgehead atoms. The second-order valence-corrected chi connectivity index (χ2v) is 19.7. The number of unbranched alkanes of at least 4 members (excludes halogenated alkanes) is 14. The zero-order chi connectivity index (χ0) is 50.4. The predicted molar refractivity (Wildman–Crippen MR) is 287 cm³/mol. The van der Waals surface area contributed by atoms with Crippen LogP contribution in [0.1, 0.15) is 144 Å². The van der Waals surface area contributed by atoms with E-state index in [4.69, 9.17) is 47.4 Å². The molecular formula is C63H84O10. The Morgan fingerprint density at radius 1 is 0.452 bits per heavy atom. The summed E-state index contributed by atoms with van der Waals surface area (Å²) in [5.74, 6) is 0.786. The van der Waals surface area contributed by atoms with Gasteiger partial charge in [-0.2, -0.15) is 0 Å². The van der Waals surface area contributed by atoms with Crippen LogP contribution < -0.4 is 4.74 Å². The number of hydrogen-bond donors (Lipinski definition) is 0. The first-order chi connectivity index (χ1) is 36.1. The molecule has 10 heteroatoms.